The minimum Gasteiger partial charge on any atom is -0.350 e. The third-order valence-corrected chi connectivity index (χ3v) is 5.02. The Morgan fingerprint density at radius 3 is 2.44 bits per heavy atom. The summed E-state index contributed by atoms with van der Waals surface area (Å²) in [6.07, 6.45) is 1.56. The highest BCUT2D eigenvalue weighted by atomic mass is 35.5. The molecule has 0 unspecified atom stereocenters. The summed E-state index contributed by atoms with van der Waals surface area (Å²) in [5.74, 6) is -0.508. The zero-order valence-corrected chi connectivity index (χ0v) is 16.5. The number of hydrogen-bond donors (Lipinski definition) is 2. The molecule has 1 aromatic heterocycles. The molecule has 0 aliphatic rings. The van der Waals surface area contributed by atoms with E-state index >= 15 is 0 Å². The Balaban J connectivity index is 2.20. The fourth-order valence-electron chi connectivity index (χ4n) is 2.02. The van der Waals surface area contributed by atoms with E-state index in [9.17, 15) is 9.59 Å². The molecule has 25 heavy (non-hydrogen) atoms. The fourth-order valence-corrected chi connectivity index (χ4v) is 3.05. The van der Waals surface area contributed by atoms with Crippen molar-refractivity contribution in [2.24, 2.45) is 0 Å². The molecule has 0 fully saturated rings. The molecule has 0 bridgehead atoms. The average molecular weight is 380 g/mol. The first-order valence-corrected chi connectivity index (χ1v) is 9.15. The molecular formula is C18H22ClN3O2S. The van der Waals surface area contributed by atoms with Gasteiger partial charge < -0.3 is 10.6 Å². The van der Waals surface area contributed by atoms with Crippen LogP contribution in [0.15, 0.2) is 24.4 Å². The van der Waals surface area contributed by atoms with Crippen LogP contribution in [0.2, 0.25) is 5.02 Å². The van der Waals surface area contributed by atoms with Gasteiger partial charge in [0, 0.05) is 17.0 Å². The Morgan fingerprint density at radius 1 is 1.20 bits per heavy atom. The normalized spacial score (nSPS) is 11.5. The summed E-state index contributed by atoms with van der Waals surface area (Å²) in [7, 11) is 0. The van der Waals surface area contributed by atoms with Crippen LogP contribution < -0.4 is 10.6 Å². The molecule has 0 spiro atoms. The van der Waals surface area contributed by atoms with Crippen LogP contribution in [0, 0.1) is 0 Å². The molecule has 2 amide bonds. The third-order valence-electron chi connectivity index (χ3n) is 3.27. The number of hydrogen-bond acceptors (Lipinski definition) is 4. The van der Waals surface area contributed by atoms with E-state index in [1.807, 2.05) is 34.6 Å². The summed E-state index contributed by atoms with van der Waals surface area (Å²) in [4.78, 5) is 29.4. The van der Waals surface area contributed by atoms with Crippen molar-refractivity contribution in [2.45, 2.75) is 46.1 Å². The lowest BCUT2D eigenvalue weighted by Crippen LogP contribution is -2.30. The van der Waals surface area contributed by atoms with Gasteiger partial charge in [-0.2, -0.15) is 0 Å². The summed E-state index contributed by atoms with van der Waals surface area (Å²) >= 11 is 7.50. The van der Waals surface area contributed by atoms with Crippen LogP contribution in [0.3, 0.4) is 0 Å². The van der Waals surface area contributed by atoms with E-state index in [1.54, 1.807) is 24.4 Å². The Hall–Kier alpha value is -1.92. The van der Waals surface area contributed by atoms with Crippen molar-refractivity contribution >= 4 is 40.4 Å². The zero-order valence-electron chi connectivity index (χ0n) is 14.9. The van der Waals surface area contributed by atoms with Gasteiger partial charge >= 0.3 is 0 Å². The lowest BCUT2D eigenvalue weighted by molar-refractivity contribution is 0.0942. The van der Waals surface area contributed by atoms with Crippen molar-refractivity contribution < 1.29 is 9.59 Å². The molecule has 2 aromatic rings. The molecule has 2 rings (SSSR count). The standard InChI is InChI=1S/C18H22ClN3O2S/c1-10(2)21-15(23)11-6-7-12(19)13(8-11)22-16(24)14-9-20-17(25-14)18(3,4)5/h6-10H,1-5H3,(H,21,23)(H,22,24). The van der Waals surface area contributed by atoms with Crippen molar-refractivity contribution in [3.8, 4) is 0 Å². The second kappa shape index (κ2) is 7.54. The maximum Gasteiger partial charge on any atom is 0.267 e. The van der Waals surface area contributed by atoms with Crippen LogP contribution in [0.5, 0.6) is 0 Å². The van der Waals surface area contributed by atoms with E-state index in [-0.39, 0.29) is 23.3 Å². The van der Waals surface area contributed by atoms with Gasteiger partial charge in [-0.15, -0.1) is 11.3 Å². The molecule has 0 radical (unpaired) electrons. The van der Waals surface area contributed by atoms with E-state index in [2.05, 4.69) is 15.6 Å². The minimum absolute atomic E-state index is 0.0224. The van der Waals surface area contributed by atoms with Crippen molar-refractivity contribution in [3.63, 3.8) is 0 Å². The van der Waals surface area contributed by atoms with Crippen LogP contribution in [-0.4, -0.2) is 22.8 Å². The van der Waals surface area contributed by atoms with Crippen molar-refractivity contribution in [1.82, 2.24) is 10.3 Å². The van der Waals surface area contributed by atoms with Gasteiger partial charge in [-0.1, -0.05) is 32.4 Å². The molecule has 0 aliphatic heterocycles. The molecule has 0 aliphatic carbocycles. The lowest BCUT2D eigenvalue weighted by atomic mass is 9.98. The zero-order chi connectivity index (χ0) is 18.8. The van der Waals surface area contributed by atoms with Crippen LogP contribution >= 0.6 is 22.9 Å². The number of nitrogens with one attached hydrogen (secondary N) is 2. The van der Waals surface area contributed by atoms with Crippen LogP contribution in [0.1, 0.15) is 59.7 Å². The van der Waals surface area contributed by atoms with Crippen molar-refractivity contribution in [2.75, 3.05) is 5.32 Å². The van der Waals surface area contributed by atoms with Gasteiger partial charge in [-0.3, -0.25) is 9.59 Å². The van der Waals surface area contributed by atoms with E-state index in [4.69, 9.17) is 11.6 Å². The highest BCUT2D eigenvalue weighted by Crippen LogP contribution is 2.28. The molecule has 0 saturated carbocycles. The van der Waals surface area contributed by atoms with Crippen molar-refractivity contribution in [1.29, 1.82) is 0 Å². The smallest absolute Gasteiger partial charge is 0.267 e. The molecule has 1 aromatic carbocycles. The number of aromatic nitrogens is 1. The fraction of sp³-hybridized carbons (Fsp3) is 0.389. The first-order chi connectivity index (χ1) is 11.6. The SMILES string of the molecule is CC(C)NC(=O)c1ccc(Cl)c(NC(=O)c2cnc(C(C)(C)C)s2)c1. The maximum absolute atomic E-state index is 12.5. The molecule has 0 saturated heterocycles. The Labute approximate surface area is 156 Å². The van der Waals surface area contributed by atoms with E-state index < -0.39 is 0 Å². The van der Waals surface area contributed by atoms with Gasteiger partial charge in [0.2, 0.25) is 0 Å². The molecule has 7 heteroatoms. The maximum atomic E-state index is 12.5. The predicted octanol–water partition coefficient (Wildman–Crippen LogP) is 4.48. The largest absolute Gasteiger partial charge is 0.350 e. The van der Waals surface area contributed by atoms with Crippen molar-refractivity contribution in [3.05, 3.63) is 44.9 Å². The molecular weight excluding hydrogens is 358 g/mol. The number of halogens is 1. The van der Waals surface area contributed by atoms with Gasteiger partial charge in [0.25, 0.3) is 11.8 Å². The Bertz CT molecular complexity index is 794. The second-order valence-electron chi connectivity index (χ2n) is 7.06. The molecule has 134 valence electrons. The summed E-state index contributed by atoms with van der Waals surface area (Å²) in [5, 5.41) is 6.82. The summed E-state index contributed by atoms with van der Waals surface area (Å²) in [6.45, 7) is 9.89. The molecule has 1 heterocycles. The highest BCUT2D eigenvalue weighted by Gasteiger charge is 2.21. The summed E-state index contributed by atoms with van der Waals surface area (Å²) < 4.78 is 0. The predicted molar refractivity (Wildman–Crippen MR) is 103 cm³/mol. The van der Waals surface area contributed by atoms with Gasteiger partial charge in [-0.05, 0) is 32.0 Å². The van der Waals surface area contributed by atoms with E-state index in [0.717, 1.165) is 5.01 Å². The quantitative estimate of drug-likeness (QED) is 0.822. The average Bonchev–Trinajstić information content (AvgIpc) is 2.98. The van der Waals surface area contributed by atoms with E-state index in [0.29, 0.717) is 21.2 Å². The Morgan fingerprint density at radius 2 is 1.88 bits per heavy atom. The first-order valence-electron chi connectivity index (χ1n) is 7.96. The van der Waals surface area contributed by atoms with Gasteiger partial charge in [-0.25, -0.2) is 4.98 Å². The number of amides is 2. The number of thiazole rings is 1. The summed E-state index contributed by atoms with van der Waals surface area (Å²) in [6, 6.07) is 4.82. The monoisotopic (exact) mass is 379 g/mol. The van der Waals surface area contributed by atoms with Gasteiger partial charge in [0.05, 0.1) is 21.9 Å². The van der Waals surface area contributed by atoms with Crippen LogP contribution in [0.4, 0.5) is 5.69 Å². The number of carbonyl (C=O) groups is 2. The number of benzene rings is 1. The number of carbonyl (C=O) groups excluding carboxylic acids is 2. The first kappa shape index (κ1) is 19.4. The van der Waals surface area contributed by atoms with Crippen LogP contribution in [0.25, 0.3) is 0 Å². The molecule has 0 atom stereocenters. The second-order valence-corrected chi connectivity index (χ2v) is 8.49. The van der Waals surface area contributed by atoms with Gasteiger partial charge in [0.15, 0.2) is 0 Å². The summed E-state index contributed by atoms with van der Waals surface area (Å²) in [5.41, 5.74) is 0.720. The topological polar surface area (TPSA) is 71.1 Å². The highest BCUT2D eigenvalue weighted by molar-refractivity contribution is 7.13. The molecule has 5 nitrogen and oxygen atoms in total. The number of rotatable bonds is 4. The van der Waals surface area contributed by atoms with E-state index in [1.165, 1.54) is 11.3 Å². The Kier molecular flexibility index (Phi) is 5.85. The lowest BCUT2D eigenvalue weighted by Gasteiger charge is -2.13. The van der Waals surface area contributed by atoms with Crippen LogP contribution in [-0.2, 0) is 5.41 Å². The minimum atomic E-state index is -0.295. The van der Waals surface area contributed by atoms with Gasteiger partial charge in [0.1, 0.15) is 4.88 Å². The number of nitrogens with zero attached hydrogens (tertiary/aromatic N) is 1. The number of anilines is 1. The molecule has 2 N–H and O–H groups in total. The third kappa shape index (κ3) is 5.03.